The third kappa shape index (κ3) is 3.99. The molecule has 19 heavy (non-hydrogen) atoms. The number of aromatic nitrogens is 3. The SMILES string of the molecule is CC(C)c1nnc(NC(=O)NCc2ccccn2)s1. The summed E-state index contributed by atoms with van der Waals surface area (Å²) >= 11 is 1.38. The molecular formula is C12H15N5OS. The molecule has 7 heteroatoms. The van der Waals surface area contributed by atoms with E-state index in [1.807, 2.05) is 32.0 Å². The van der Waals surface area contributed by atoms with E-state index in [9.17, 15) is 4.79 Å². The number of carbonyl (C=O) groups excluding carboxylic acids is 1. The number of urea groups is 1. The Hall–Kier alpha value is -2.02. The van der Waals surface area contributed by atoms with Gasteiger partial charge < -0.3 is 5.32 Å². The predicted molar refractivity (Wildman–Crippen MR) is 74.1 cm³/mol. The Morgan fingerprint density at radius 1 is 1.37 bits per heavy atom. The number of anilines is 1. The second-order valence-corrected chi connectivity index (χ2v) is 5.24. The second kappa shape index (κ2) is 6.24. The third-order valence-corrected chi connectivity index (χ3v) is 3.45. The molecule has 0 unspecified atom stereocenters. The van der Waals surface area contributed by atoms with Crippen LogP contribution in [0.3, 0.4) is 0 Å². The lowest BCUT2D eigenvalue weighted by atomic mass is 10.2. The Morgan fingerprint density at radius 3 is 2.84 bits per heavy atom. The predicted octanol–water partition coefficient (Wildman–Crippen LogP) is 2.38. The maximum atomic E-state index is 11.7. The molecule has 0 bridgehead atoms. The van der Waals surface area contributed by atoms with E-state index in [1.54, 1.807) is 6.20 Å². The highest BCUT2D eigenvalue weighted by molar-refractivity contribution is 7.15. The molecule has 6 nitrogen and oxygen atoms in total. The van der Waals surface area contributed by atoms with Gasteiger partial charge in [-0.25, -0.2) is 4.79 Å². The van der Waals surface area contributed by atoms with Gasteiger partial charge in [-0.1, -0.05) is 31.3 Å². The van der Waals surface area contributed by atoms with Crippen molar-refractivity contribution in [3.63, 3.8) is 0 Å². The summed E-state index contributed by atoms with van der Waals surface area (Å²) in [6.07, 6.45) is 1.69. The fraction of sp³-hybridized carbons (Fsp3) is 0.333. The van der Waals surface area contributed by atoms with Gasteiger partial charge in [-0.05, 0) is 12.1 Å². The topological polar surface area (TPSA) is 79.8 Å². The Kier molecular flexibility index (Phi) is 4.40. The Balaban J connectivity index is 1.84. The Morgan fingerprint density at radius 2 is 2.21 bits per heavy atom. The molecule has 0 fully saturated rings. The van der Waals surface area contributed by atoms with Crippen molar-refractivity contribution in [2.24, 2.45) is 0 Å². The lowest BCUT2D eigenvalue weighted by Gasteiger charge is -2.04. The van der Waals surface area contributed by atoms with Gasteiger partial charge in [0.15, 0.2) is 0 Å². The molecule has 0 radical (unpaired) electrons. The van der Waals surface area contributed by atoms with Crippen LogP contribution in [-0.4, -0.2) is 21.2 Å². The van der Waals surface area contributed by atoms with Crippen molar-refractivity contribution >= 4 is 22.5 Å². The molecule has 0 saturated carbocycles. The summed E-state index contributed by atoms with van der Waals surface area (Å²) in [5, 5.41) is 14.7. The number of amides is 2. The van der Waals surface area contributed by atoms with Gasteiger partial charge in [0.25, 0.3) is 0 Å². The molecule has 100 valence electrons. The molecule has 0 atom stereocenters. The number of hydrogen-bond acceptors (Lipinski definition) is 5. The zero-order valence-electron chi connectivity index (χ0n) is 10.8. The number of hydrogen-bond donors (Lipinski definition) is 2. The van der Waals surface area contributed by atoms with Gasteiger partial charge >= 0.3 is 6.03 Å². The van der Waals surface area contributed by atoms with E-state index in [-0.39, 0.29) is 6.03 Å². The average Bonchev–Trinajstić information content (AvgIpc) is 2.86. The summed E-state index contributed by atoms with van der Waals surface area (Å²) in [6.45, 7) is 4.44. The van der Waals surface area contributed by atoms with E-state index in [0.29, 0.717) is 17.6 Å². The van der Waals surface area contributed by atoms with Gasteiger partial charge in [0, 0.05) is 12.1 Å². The zero-order valence-corrected chi connectivity index (χ0v) is 11.6. The number of nitrogens with zero attached hydrogens (tertiary/aromatic N) is 3. The molecule has 0 saturated heterocycles. The lowest BCUT2D eigenvalue weighted by Crippen LogP contribution is -2.28. The molecule has 2 heterocycles. The monoisotopic (exact) mass is 277 g/mol. The van der Waals surface area contributed by atoms with Crippen LogP contribution in [0.15, 0.2) is 24.4 Å². The van der Waals surface area contributed by atoms with Crippen LogP contribution >= 0.6 is 11.3 Å². The average molecular weight is 277 g/mol. The first-order valence-electron chi connectivity index (χ1n) is 5.93. The molecule has 0 aliphatic rings. The van der Waals surface area contributed by atoms with Crippen molar-refractivity contribution < 1.29 is 4.79 Å². The third-order valence-electron chi connectivity index (χ3n) is 2.31. The lowest BCUT2D eigenvalue weighted by molar-refractivity contribution is 0.251. The Bertz CT molecular complexity index is 540. The highest BCUT2D eigenvalue weighted by Crippen LogP contribution is 2.22. The van der Waals surface area contributed by atoms with Crippen molar-refractivity contribution in [2.75, 3.05) is 5.32 Å². The van der Waals surface area contributed by atoms with Crippen LogP contribution in [0.25, 0.3) is 0 Å². The first-order valence-corrected chi connectivity index (χ1v) is 6.75. The highest BCUT2D eigenvalue weighted by Gasteiger charge is 2.10. The smallest absolute Gasteiger partial charge is 0.321 e. The van der Waals surface area contributed by atoms with E-state index in [2.05, 4.69) is 25.8 Å². The largest absolute Gasteiger partial charge is 0.332 e. The van der Waals surface area contributed by atoms with Crippen LogP contribution in [0.4, 0.5) is 9.93 Å². The zero-order chi connectivity index (χ0) is 13.7. The summed E-state index contributed by atoms with van der Waals surface area (Å²) in [4.78, 5) is 15.8. The minimum absolute atomic E-state index is 0.308. The van der Waals surface area contributed by atoms with Crippen molar-refractivity contribution in [3.8, 4) is 0 Å². The molecule has 2 aromatic rings. The van der Waals surface area contributed by atoms with Crippen LogP contribution in [0.5, 0.6) is 0 Å². The number of pyridine rings is 1. The number of rotatable bonds is 4. The maximum Gasteiger partial charge on any atom is 0.321 e. The van der Waals surface area contributed by atoms with Crippen LogP contribution < -0.4 is 10.6 Å². The Labute approximate surface area is 115 Å². The molecule has 0 aromatic carbocycles. The van der Waals surface area contributed by atoms with Crippen molar-refractivity contribution in [1.82, 2.24) is 20.5 Å². The maximum absolute atomic E-state index is 11.7. The summed E-state index contributed by atoms with van der Waals surface area (Å²) < 4.78 is 0. The van der Waals surface area contributed by atoms with Crippen LogP contribution in [0.1, 0.15) is 30.5 Å². The van der Waals surface area contributed by atoms with Gasteiger partial charge in [0.1, 0.15) is 5.01 Å². The quantitative estimate of drug-likeness (QED) is 0.899. The summed E-state index contributed by atoms with van der Waals surface area (Å²) in [5.41, 5.74) is 0.804. The summed E-state index contributed by atoms with van der Waals surface area (Å²) in [7, 11) is 0. The van der Waals surface area contributed by atoms with Crippen LogP contribution in [-0.2, 0) is 6.54 Å². The first kappa shape index (κ1) is 13.4. The van der Waals surface area contributed by atoms with Crippen molar-refractivity contribution in [2.45, 2.75) is 26.3 Å². The van der Waals surface area contributed by atoms with Crippen molar-refractivity contribution in [1.29, 1.82) is 0 Å². The molecule has 2 N–H and O–H groups in total. The summed E-state index contributed by atoms with van der Waals surface area (Å²) in [5.74, 6) is 0.310. The molecule has 2 aromatic heterocycles. The van der Waals surface area contributed by atoms with E-state index in [0.717, 1.165) is 10.7 Å². The minimum atomic E-state index is -0.308. The molecule has 0 aliphatic carbocycles. The van der Waals surface area contributed by atoms with Gasteiger partial charge in [-0.15, -0.1) is 10.2 Å². The molecule has 0 spiro atoms. The fourth-order valence-corrected chi connectivity index (χ4v) is 2.07. The summed E-state index contributed by atoms with van der Waals surface area (Å²) in [6, 6.07) is 5.25. The van der Waals surface area contributed by atoms with Gasteiger partial charge in [-0.2, -0.15) is 0 Å². The fourth-order valence-electron chi connectivity index (χ4n) is 1.33. The second-order valence-electron chi connectivity index (χ2n) is 4.23. The molecule has 2 amide bonds. The van der Waals surface area contributed by atoms with E-state index in [1.165, 1.54) is 11.3 Å². The van der Waals surface area contributed by atoms with Crippen molar-refractivity contribution in [3.05, 3.63) is 35.1 Å². The van der Waals surface area contributed by atoms with E-state index < -0.39 is 0 Å². The van der Waals surface area contributed by atoms with Crippen LogP contribution in [0, 0.1) is 0 Å². The van der Waals surface area contributed by atoms with Gasteiger partial charge in [0.2, 0.25) is 5.13 Å². The van der Waals surface area contributed by atoms with Gasteiger partial charge in [0.05, 0.1) is 12.2 Å². The van der Waals surface area contributed by atoms with E-state index in [4.69, 9.17) is 0 Å². The van der Waals surface area contributed by atoms with E-state index >= 15 is 0 Å². The minimum Gasteiger partial charge on any atom is -0.332 e. The first-order chi connectivity index (χ1) is 9.15. The standard InChI is InChI=1S/C12H15N5OS/c1-8(2)10-16-17-12(19-10)15-11(18)14-7-9-5-3-4-6-13-9/h3-6,8H,7H2,1-2H3,(H2,14,15,17,18). The van der Waals surface area contributed by atoms with Crippen LogP contribution in [0.2, 0.25) is 0 Å². The van der Waals surface area contributed by atoms with Gasteiger partial charge in [-0.3, -0.25) is 10.3 Å². The number of nitrogens with one attached hydrogen (secondary N) is 2. The normalized spacial score (nSPS) is 10.5. The number of carbonyl (C=O) groups is 1. The highest BCUT2D eigenvalue weighted by atomic mass is 32.1. The molecule has 2 rings (SSSR count). The molecule has 0 aliphatic heterocycles. The molecular weight excluding hydrogens is 262 g/mol.